The number of hydrogen-bond acceptors (Lipinski definition) is 3. The maximum absolute atomic E-state index is 11.7. The van der Waals surface area contributed by atoms with Crippen LogP contribution in [0.4, 0.5) is 0 Å². The molecule has 0 saturated carbocycles. The van der Waals surface area contributed by atoms with E-state index in [2.05, 4.69) is 5.32 Å². The van der Waals surface area contributed by atoms with E-state index < -0.39 is 12.0 Å². The Morgan fingerprint density at radius 3 is 2.44 bits per heavy atom. The van der Waals surface area contributed by atoms with E-state index in [1.165, 1.54) is 0 Å². The second kappa shape index (κ2) is 9.09. The first-order valence-corrected chi connectivity index (χ1v) is 6.62. The van der Waals surface area contributed by atoms with E-state index in [4.69, 9.17) is 5.11 Å². The number of thioether (sulfide) groups is 1. The maximum atomic E-state index is 11.7. The molecule has 0 aliphatic heterocycles. The number of amides is 1. The Morgan fingerprint density at radius 1 is 1.33 bits per heavy atom. The predicted molar refractivity (Wildman–Crippen MR) is 74.1 cm³/mol. The maximum Gasteiger partial charge on any atom is 0.326 e. The fourth-order valence-electron chi connectivity index (χ4n) is 1.32. The normalized spacial score (nSPS) is 11.2. The molecule has 0 bridgehead atoms. The van der Waals surface area contributed by atoms with Gasteiger partial charge in [0.1, 0.15) is 6.04 Å². The van der Waals surface area contributed by atoms with Gasteiger partial charge in [-0.25, -0.2) is 4.79 Å². The smallest absolute Gasteiger partial charge is 0.326 e. The van der Waals surface area contributed by atoms with E-state index in [-0.39, 0.29) is 24.8 Å². The quantitative estimate of drug-likeness (QED) is 0.755. The second-order valence-electron chi connectivity index (χ2n) is 3.51. The Hall–Kier alpha value is -0.893. The van der Waals surface area contributed by atoms with Gasteiger partial charge in [0.05, 0.1) is 0 Å². The van der Waals surface area contributed by atoms with Gasteiger partial charge >= 0.3 is 5.97 Å². The van der Waals surface area contributed by atoms with Crippen molar-refractivity contribution in [3.63, 3.8) is 0 Å². The van der Waals surface area contributed by atoms with Gasteiger partial charge in [0.25, 0.3) is 5.91 Å². The largest absolute Gasteiger partial charge is 0.480 e. The molecule has 0 fully saturated rings. The fourth-order valence-corrected chi connectivity index (χ4v) is 1.80. The third kappa shape index (κ3) is 5.63. The number of aliphatic carboxylic acids is 1. The standard InChI is InChI=1S/C12H15NO3S.Li/c1-17-8-7-10(12(15)16)13-11(14)9-5-3-2-4-6-9;/h2-6,10H,7-8H2,1H3,(H,13,14)(H,15,16);/t10-;/m0./s1. The monoisotopic (exact) mass is 260 g/mol. The Balaban J connectivity index is 0.00000289. The van der Waals surface area contributed by atoms with Crippen LogP contribution in [0.25, 0.3) is 0 Å². The minimum atomic E-state index is -0.997. The van der Waals surface area contributed by atoms with Gasteiger partial charge < -0.3 is 10.4 Å². The summed E-state index contributed by atoms with van der Waals surface area (Å²) in [4.78, 5) is 22.7. The first kappa shape index (κ1) is 17.1. The van der Waals surface area contributed by atoms with Crippen LogP contribution >= 0.6 is 11.8 Å². The van der Waals surface area contributed by atoms with Crippen LogP contribution in [0.2, 0.25) is 0 Å². The Labute approximate surface area is 123 Å². The molecule has 1 amide bonds. The molecule has 6 heteroatoms. The number of hydrogen-bond donors (Lipinski definition) is 2. The zero-order valence-electron chi connectivity index (χ0n) is 10.6. The van der Waals surface area contributed by atoms with Crippen molar-refractivity contribution in [3.8, 4) is 0 Å². The number of carbonyl (C=O) groups excluding carboxylic acids is 1. The van der Waals surface area contributed by atoms with Gasteiger partial charge in [-0.15, -0.1) is 0 Å². The predicted octanol–water partition coefficient (Wildman–Crippen LogP) is 1.24. The molecule has 18 heavy (non-hydrogen) atoms. The molecule has 0 aliphatic rings. The van der Waals surface area contributed by atoms with Crippen molar-refractivity contribution in [2.45, 2.75) is 12.5 Å². The van der Waals surface area contributed by atoms with Crippen molar-refractivity contribution in [2.24, 2.45) is 0 Å². The second-order valence-corrected chi connectivity index (χ2v) is 4.50. The average molecular weight is 260 g/mol. The summed E-state index contributed by atoms with van der Waals surface area (Å²) in [6, 6.07) is 7.78. The molecule has 0 heterocycles. The van der Waals surface area contributed by atoms with Crippen molar-refractivity contribution >= 4 is 42.5 Å². The van der Waals surface area contributed by atoms with Gasteiger partial charge in [0, 0.05) is 24.4 Å². The molecule has 0 aromatic heterocycles. The summed E-state index contributed by atoms with van der Waals surface area (Å²) in [5.74, 6) is -0.645. The molecule has 1 rings (SSSR count). The zero-order valence-corrected chi connectivity index (χ0v) is 11.4. The van der Waals surface area contributed by atoms with E-state index in [0.717, 1.165) is 0 Å². The van der Waals surface area contributed by atoms with Gasteiger partial charge in [0.15, 0.2) is 0 Å². The fraction of sp³-hybridized carbons (Fsp3) is 0.333. The molecular formula is C12H15LiNO3S. The molecule has 1 aromatic rings. The van der Waals surface area contributed by atoms with Crippen LogP contribution in [0.3, 0.4) is 0 Å². The Morgan fingerprint density at radius 2 is 1.94 bits per heavy atom. The molecule has 0 unspecified atom stereocenters. The minimum absolute atomic E-state index is 0. The topological polar surface area (TPSA) is 66.4 Å². The van der Waals surface area contributed by atoms with Crippen LogP contribution in [0.15, 0.2) is 30.3 Å². The van der Waals surface area contributed by atoms with Crippen molar-refractivity contribution < 1.29 is 14.7 Å². The molecule has 4 nitrogen and oxygen atoms in total. The summed E-state index contributed by atoms with van der Waals surface area (Å²) < 4.78 is 0. The van der Waals surface area contributed by atoms with E-state index in [1.807, 2.05) is 6.26 Å². The molecule has 93 valence electrons. The van der Waals surface area contributed by atoms with Crippen LogP contribution in [-0.4, -0.2) is 53.9 Å². The van der Waals surface area contributed by atoms with E-state index in [0.29, 0.717) is 17.7 Å². The number of carboxylic acids is 1. The van der Waals surface area contributed by atoms with E-state index in [9.17, 15) is 9.59 Å². The minimum Gasteiger partial charge on any atom is -0.480 e. The zero-order chi connectivity index (χ0) is 12.7. The molecule has 1 aromatic carbocycles. The Kier molecular flexibility index (Phi) is 8.64. The van der Waals surface area contributed by atoms with Gasteiger partial charge in [0.2, 0.25) is 0 Å². The molecule has 0 aliphatic carbocycles. The first-order valence-electron chi connectivity index (χ1n) is 5.23. The van der Waals surface area contributed by atoms with Crippen LogP contribution in [0, 0.1) is 0 Å². The van der Waals surface area contributed by atoms with E-state index >= 15 is 0 Å². The summed E-state index contributed by atoms with van der Waals surface area (Å²) in [6.45, 7) is 0. The molecule has 0 spiro atoms. The van der Waals surface area contributed by atoms with Crippen LogP contribution in [-0.2, 0) is 4.79 Å². The third-order valence-electron chi connectivity index (χ3n) is 2.25. The summed E-state index contributed by atoms with van der Waals surface area (Å²) >= 11 is 1.56. The van der Waals surface area contributed by atoms with Gasteiger partial charge in [-0.1, -0.05) is 18.2 Å². The van der Waals surface area contributed by atoms with Crippen LogP contribution < -0.4 is 5.32 Å². The van der Waals surface area contributed by atoms with Crippen LogP contribution in [0.5, 0.6) is 0 Å². The molecule has 0 saturated heterocycles. The van der Waals surface area contributed by atoms with Gasteiger partial charge in [-0.3, -0.25) is 4.79 Å². The van der Waals surface area contributed by atoms with Gasteiger partial charge in [-0.2, -0.15) is 11.8 Å². The number of benzene rings is 1. The average Bonchev–Trinajstić information content (AvgIpc) is 2.35. The van der Waals surface area contributed by atoms with Crippen molar-refractivity contribution in [1.82, 2.24) is 5.32 Å². The van der Waals surface area contributed by atoms with Crippen molar-refractivity contribution in [2.75, 3.05) is 12.0 Å². The van der Waals surface area contributed by atoms with Crippen molar-refractivity contribution in [1.29, 1.82) is 0 Å². The summed E-state index contributed by atoms with van der Waals surface area (Å²) in [6.07, 6.45) is 2.33. The number of carbonyl (C=O) groups is 2. The number of carboxylic acid groups (broad SMARTS) is 1. The number of nitrogens with one attached hydrogen (secondary N) is 1. The molecule has 2 N–H and O–H groups in total. The number of rotatable bonds is 6. The molecule has 1 atom stereocenters. The summed E-state index contributed by atoms with van der Waals surface area (Å²) in [5.41, 5.74) is 0.475. The Bertz CT molecular complexity index is 386. The van der Waals surface area contributed by atoms with Gasteiger partial charge in [-0.05, 0) is 30.6 Å². The van der Waals surface area contributed by atoms with Crippen LogP contribution in [0.1, 0.15) is 16.8 Å². The first-order chi connectivity index (χ1) is 8.15. The third-order valence-corrected chi connectivity index (χ3v) is 2.89. The SMILES string of the molecule is CSCC[C@H](NC(=O)c1ccccc1)C(=O)O.[Li]. The summed E-state index contributed by atoms with van der Waals surface area (Å²) in [7, 11) is 0. The van der Waals surface area contributed by atoms with E-state index in [1.54, 1.807) is 42.1 Å². The van der Waals surface area contributed by atoms with Crippen molar-refractivity contribution in [3.05, 3.63) is 35.9 Å². The summed E-state index contributed by atoms with van der Waals surface area (Å²) in [5, 5.41) is 11.5. The molecule has 1 radical (unpaired) electrons. The molecular weight excluding hydrogens is 245 g/mol.